The van der Waals surface area contributed by atoms with E-state index in [-0.39, 0.29) is 5.75 Å². The van der Waals surface area contributed by atoms with Gasteiger partial charge in [0.2, 0.25) is 0 Å². The van der Waals surface area contributed by atoms with E-state index < -0.39 is 6.03 Å². The molecule has 0 unspecified atom stereocenters. The van der Waals surface area contributed by atoms with Gasteiger partial charge in [-0.15, -0.1) is 0 Å². The standard InChI is InChI=1S/C8H8BrN3O2/c9-7-3-6(13)2-1-5(7)4-11-12-8(10)14/h1-4,13H,(H3,10,12,14). The molecule has 0 radical (unpaired) electrons. The van der Waals surface area contributed by atoms with Crippen molar-refractivity contribution in [2.75, 3.05) is 0 Å². The van der Waals surface area contributed by atoms with Gasteiger partial charge in [-0.2, -0.15) is 5.10 Å². The van der Waals surface area contributed by atoms with Gasteiger partial charge in [0.1, 0.15) is 5.75 Å². The number of phenolic OH excluding ortho intramolecular Hbond substituents is 1. The lowest BCUT2D eigenvalue weighted by Gasteiger charge is -1.98. The second-order valence-corrected chi connectivity index (χ2v) is 3.29. The number of carbonyl (C=O) groups excluding carboxylic acids is 1. The van der Waals surface area contributed by atoms with Gasteiger partial charge >= 0.3 is 6.03 Å². The summed E-state index contributed by atoms with van der Waals surface area (Å²) in [4.78, 5) is 10.3. The molecule has 0 fully saturated rings. The minimum atomic E-state index is -0.726. The number of nitrogens with zero attached hydrogens (tertiary/aromatic N) is 1. The van der Waals surface area contributed by atoms with Crippen LogP contribution in [0.5, 0.6) is 5.75 Å². The van der Waals surface area contributed by atoms with Crippen molar-refractivity contribution in [2.45, 2.75) is 0 Å². The fraction of sp³-hybridized carbons (Fsp3) is 0. The Hall–Kier alpha value is -1.56. The van der Waals surface area contributed by atoms with Gasteiger partial charge in [0.25, 0.3) is 0 Å². The molecule has 14 heavy (non-hydrogen) atoms. The number of phenols is 1. The first-order valence-corrected chi connectivity index (χ1v) is 4.46. The fourth-order valence-electron chi connectivity index (χ4n) is 0.786. The maximum absolute atomic E-state index is 10.3. The van der Waals surface area contributed by atoms with Crippen LogP contribution in [0.1, 0.15) is 5.56 Å². The van der Waals surface area contributed by atoms with Gasteiger partial charge in [-0.05, 0) is 34.1 Å². The van der Waals surface area contributed by atoms with Crippen LogP contribution in [0.15, 0.2) is 27.8 Å². The lowest BCUT2D eigenvalue weighted by atomic mass is 10.2. The average molecular weight is 258 g/mol. The lowest BCUT2D eigenvalue weighted by molar-refractivity contribution is 0.249. The van der Waals surface area contributed by atoms with Crippen LogP contribution in [-0.4, -0.2) is 17.4 Å². The van der Waals surface area contributed by atoms with Crippen LogP contribution in [0, 0.1) is 0 Å². The van der Waals surface area contributed by atoms with Crippen LogP contribution in [0.2, 0.25) is 0 Å². The number of carbonyl (C=O) groups is 1. The number of hydrazone groups is 1. The quantitative estimate of drug-likeness (QED) is 0.549. The summed E-state index contributed by atoms with van der Waals surface area (Å²) in [6.45, 7) is 0. The number of primary amides is 1. The molecule has 0 bridgehead atoms. The van der Waals surface area contributed by atoms with E-state index in [2.05, 4.69) is 26.5 Å². The molecule has 5 nitrogen and oxygen atoms in total. The van der Waals surface area contributed by atoms with Gasteiger partial charge in [0.15, 0.2) is 0 Å². The van der Waals surface area contributed by atoms with E-state index in [4.69, 9.17) is 10.8 Å². The molecule has 0 aliphatic heterocycles. The third-order valence-electron chi connectivity index (χ3n) is 1.36. The van der Waals surface area contributed by atoms with Crippen molar-refractivity contribution < 1.29 is 9.90 Å². The number of halogens is 1. The van der Waals surface area contributed by atoms with Gasteiger partial charge in [-0.25, -0.2) is 10.2 Å². The van der Waals surface area contributed by atoms with Crippen LogP contribution >= 0.6 is 15.9 Å². The van der Waals surface area contributed by atoms with Crippen molar-refractivity contribution in [1.29, 1.82) is 0 Å². The number of nitrogens with one attached hydrogen (secondary N) is 1. The molecule has 0 atom stereocenters. The molecule has 0 aromatic heterocycles. The van der Waals surface area contributed by atoms with Crippen LogP contribution in [-0.2, 0) is 0 Å². The average Bonchev–Trinajstić information content (AvgIpc) is 2.08. The molecule has 0 aliphatic carbocycles. The zero-order valence-corrected chi connectivity index (χ0v) is 8.65. The molecule has 0 saturated carbocycles. The molecule has 2 amide bonds. The third kappa shape index (κ3) is 3.06. The highest BCUT2D eigenvalue weighted by atomic mass is 79.9. The summed E-state index contributed by atoms with van der Waals surface area (Å²) in [5.74, 6) is 0.150. The molecule has 4 N–H and O–H groups in total. The Bertz CT molecular complexity index is 379. The Morgan fingerprint density at radius 2 is 2.36 bits per heavy atom. The predicted octanol–water partition coefficient (Wildman–Crippen LogP) is 1.16. The van der Waals surface area contributed by atoms with Gasteiger partial charge in [-0.3, -0.25) is 0 Å². The van der Waals surface area contributed by atoms with Crippen LogP contribution in [0.25, 0.3) is 0 Å². The van der Waals surface area contributed by atoms with E-state index in [0.717, 1.165) is 5.56 Å². The SMILES string of the molecule is NC(=O)NN=Cc1ccc(O)cc1Br. The van der Waals surface area contributed by atoms with Crippen LogP contribution in [0.4, 0.5) is 4.79 Å². The topological polar surface area (TPSA) is 87.7 Å². The lowest BCUT2D eigenvalue weighted by Crippen LogP contribution is -2.24. The Morgan fingerprint density at radius 3 is 2.93 bits per heavy atom. The molecule has 6 heteroatoms. The van der Waals surface area contributed by atoms with E-state index in [1.807, 2.05) is 0 Å². The van der Waals surface area contributed by atoms with Crippen molar-refractivity contribution >= 4 is 28.2 Å². The highest BCUT2D eigenvalue weighted by Crippen LogP contribution is 2.20. The maximum atomic E-state index is 10.3. The first-order chi connectivity index (χ1) is 6.59. The van der Waals surface area contributed by atoms with Crippen molar-refractivity contribution in [3.63, 3.8) is 0 Å². The van der Waals surface area contributed by atoms with Gasteiger partial charge < -0.3 is 10.8 Å². The number of benzene rings is 1. The number of amides is 2. The number of hydrogen-bond acceptors (Lipinski definition) is 3. The Balaban J connectivity index is 2.76. The highest BCUT2D eigenvalue weighted by molar-refractivity contribution is 9.10. The summed E-state index contributed by atoms with van der Waals surface area (Å²) in [5, 5.41) is 12.7. The minimum Gasteiger partial charge on any atom is -0.508 e. The molecule has 0 aliphatic rings. The summed E-state index contributed by atoms with van der Waals surface area (Å²) in [7, 11) is 0. The van der Waals surface area contributed by atoms with Gasteiger partial charge in [0.05, 0.1) is 6.21 Å². The van der Waals surface area contributed by atoms with E-state index in [1.54, 1.807) is 6.07 Å². The second kappa shape index (κ2) is 4.61. The molecule has 1 aromatic carbocycles. The van der Waals surface area contributed by atoms with Crippen molar-refractivity contribution in [1.82, 2.24) is 5.43 Å². The number of nitrogens with two attached hydrogens (primary N) is 1. The van der Waals surface area contributed by atoms with E-state index in [1.165, 1.54) is 18.3 Å². The van der Waals surface area contributed by atoms with Crippen molar-refractivity contribution in [3.8, 4) is 5.75 Å². The van der Waals surface area contributed by atoms with Gasteiger partial charge in [0, 0.05) is 10.0 Å². The molecule has 1 rings (SSSR count). The largest absolute Gasteiger partial charge is 0.508 e. The fourth-order valence-corrected chi connectivity index (χ4v) is 1.26. The Kier molecular flexibility index (Phi) is 3.47. The summed E-state index contributed by atoms with van der Waals surface area (Å²) >= 11 is 3.22. The van der Waals surface area contributed by atoms with Gasteiger partial charge in [-0.1, -0.05) is 0 Å². The second-order valence-electron chi connectivity index (χ2n) is 2.44. The number of rotatable bonds is 2. The third-order valence-corrected chi connectivity index (χ3v) is 2.05. The molecule has 74 valence electrons. The predicted molar refractivity (Wildman–Crippen MR) is 56.1 cm³/mol. The summed E-state index contributed by atoms with van der Waals surface area (Å²) in [6, 6.07) is 3.95. The molecular weight excluding hydrogens is 250 g/mol. The minimum absolute atomic E-state index is 0.150. The monoisotopic (exact) mass is 257 g/mol. The normalized spacial score (nSPS) is 10.4. The molecule has 0 spiro atoms. The molecule has 1 aromatic rings. The molecular formula is C8H8BrN3O2. The number of aromatic hydroxyl groups is 1. The summed E-state index contributed by atoms with van der Waals surface area (Å²) in [6.07, 6.45) is 1.41. The van der Waals surface area contributed by atoms with Crippen LogP contribution < -0.4 is 11.2 Å². The van der Waals surface area contributed by atoms with E-state index >= 15 is 0 Å². The first-order valence-electron chi connectivity index (χ1n) is 3.66. The summed E-state index contributed by atoms with van der Waals surface area (Å²) in [5.41, 5.74) is 7.58. The number of urea groups is 1. The zero-order chi connectivity index (χ0) is 10.6. The highest BCUT2D eigenvalue weighted by Gasteiger charge is 1.97. The number of hydrogen-bond donors (Lipinski definition) is 3. The molecule has 0 heterocycles. The van der Waals surface area contributed by atoms with Crippen LogP contribution in [0.3, 0.4) is 0 Å². The van der Waals surface area contributed by atoms with E-state index in [0.29, 0.717) is 4.47 Å². The summed E-state index contributed by atoms with van der Waals surface area (Å²) < 4.78 is 0.674. The smallest absolute Gasteiger partial charge is 0.332 e. The molecule has 0 saturated heterocycles. The van der Waals surface area contributed by atoms with Crippen molar-refractivity contribution in [2.24, 2.45) is 10.8 Å². The Morgan fingerprint density at radius 1 is 1.64 bits per heavy atom. The maximum Gasteiger partial charge on any atom is 0.332 e. The van der Waals surface area contributed by atoms with Crippen molar-refractivity contribution in [3.05, 3.63) is 28.2 Å². The zero-order valence-electron chi connectivity index (χ0n) is 7.07. The van der Waals surface area contributed by atoms with E-state index in [9.17, 15) is 4.79 Å². The Labute approximate surface area is 88.7 Å². The first kappa shape index (κ1) is 10.5.